The molecular formula is C16H24N2O2S. The lowest BCUT2D eigenvalue weighted by molar-refractivity contribution is 0.229. The highest BCUT2D eigenvalue weighted by atomic mass is 32.2. The lowest BCUT2D eigenvalue weighted by Gasteiger charge is -2.13. The second-order valence-electron chi connectivity index (χ2n) is 5.60. The van der Waals surface area contributed by atoms with E-state index >= 15 is 0 Å². The molecule has 4 nitrogen and oxygen atoms in total. The Morgan fingerprint density at radius 3 is 2.90 bits per heavy atom. The van der Waals surface area contributed by atoms with E-state index in [-0.39, 0.29) is 18.7 Å². The second-order valence-corrected chi connectivity index (χ2v) is 6.89. The molecule has 2 amide bonds. The van der Waals surface area contributed by atoms with Gasteiger partial charge in [-0.15, -0.1) is 0 Å². The van der Waals surface area contributed by atoms with Crippen LogP contribution in [0.2, 0.25) is 0 Å². The Morgan fingerprint density at radius 1 is 1.43 bits per heavy atom. The van der Waals surface area contributed by atoms with Crippen LogP contribution < -0.4 is 10.6 Å². The van der Waals surface area contributed by atoms with Crippen LogP contribution in [-0.2, 0) is 5.75 Å². The van der Waals surface area contributed by atoms with Crippen LogP contribution in [0.3, 0.4) is 0 Å². The van der Waals surface area contributed by atoms with E-state index in [0.29, 0.717) is 0 Å². The summed E-state index contributed by atoms with van der Waals surface area (Å²) in [7, 11) is 0. The molecule has 0 spiro atoms. The Balaban J connectivity index is 1.83. The van der Waals surface area contributed by atoms with Crippen LogP contribution in [0.4, 0.5) is 10.5 Å². The number of carbonyl (C=O) groups excluding carboxylic acids is 1. The Bertz CT molecular complexity index is 461. The third-order valence-electron chi connectivity index (χ3n) is 3.62. The zero-order chi connectivity index (χ0) is 15.1. The molecule has 116 valence electrons. The molecule has 0 aromatic heterocycles. The van der Waals surface area contributed by atoms with Gasteiger partial charge in [-0.05, 0) is 37.5 Å². The van der Waals surface area contributed by atoms with Crippen molar-refractivity contribution in [3.8, 4) is 0 Å². The maximum Gasteiger partial charge on any atom is 0.319 e. The van der Waals surface area contributed by atoms with E-state index in [1.165, 1.54) is 31.2 Å². The zero-order valence-corrected chi connectivity index (χ0v) is 13.3. The van der Waals surface area contributed by atoms with Crippen molar-refractivity contribution in [2.24, 2.45) is 0 Å². The van der Waals surface area contributed by atoms with Crippen molar-refractivity contribution in [1.82, 2.24) is 5.32 Å². The number of urea groups is 1. The number of benzene rings is 1. The van der Waals surface area contributed by atoms with Crippen molar-refractivity contribution in [1.29, 1.82) is 0 Å². The minimum Gasteiger partial charge on any atom is -0.394 e. The van der Waals surface area contributed by atoms with E-state index in [2.05, 4.69) is 16.7 Å². The first-order valence-electron chi connectivity index (χ1n) is 7.56. The minimum absolute atomic E-state index is 0.0640. The van der Waals surface area contributed by atoms with Crippen molar-refractivity contribution >= 4 is 23.5 Å². The molecule has 1 aromatic carbocycles. The van der Waals surface area contributed by atoms with Gasteiger partial charge >= 0.3 is 6.03 Å². The van der Waals surface area contributed by atoms with Gasteiger partial charge in [0.05, 0.1) is 12.6 Å². The molecule has 1 aliphatic rings. The number of hydrogen-bond acceptors (Lipinski definition) is 3. The monoisotopic (exact) mass is 308 g/mol. The number of rotatable bonds is 6. The number of aliphatic hydroxyl groups is 1. The molecule has 0 aliphatic heterocycles. The molecule has 0 saturated heterocycles. The van der Waals surface area contributed by atoms with Crippen molar-refractivity contribution < 1.29 is 9.90 Å². The molecule has 2 rings (SSSR count). The first kappa shape index (κ1) is 16.2. The molecule has 1 fully saturated rings. The van der Waals surface area contributed by atoms with Gasteiger partial charge in [-0.3, -0.25) is 0 Å². The summed E-state index contributed by atoms with van der Waals surface area (Å²) in [6.07, 6.45) is 5.40. The summed E-state index contributed by atoms with van der Waals surface area (Å²) >= 11 is 2.02. The van der Waals surface area contributed by atoms with E-state index in [0.717, 1.165) is 16.7 Å². The van der Waals surface area contributed by atoms with Gasteiger partial charge in [-0.2, -0.15) is 11.8 Å². The summed E-state index contributed by atoms with van der Waals surface area (Å²) in [5.74, 6) is 0.995. The summed E-state index contributed by atoms with van der Waals surface area (Å²) in [6, 6.07) is 7.44. The molecular weight excluding hydrogens is 284 g/mol. The van der Waals surface area contributed by atoms with Crippen molar-refractivity contribution in [2.75, 3.05) is 11.9 Å². The maximum atomic E-state index is 11.7. The Kier molecular flexibility index (Phi) is 6.39. The number of nitrogens with one attached hydrogen (secondary N) is 2. The standard InChI is InChI=1S/C16H24N2O2S/c1-12(10-19)17-16(20)18-14-6-4-5-13(9-14)11-21-15-7-2-3-8-15/h4-6,9,12,15,19H,2-3,7-8,10-11H2,1H3,(H2,17,18,20). The molecule has 0 radical (unpaired) electrons. The van der Waals surface area contributed by atoms with E-state index in [9.17, 15) is 4.79 Å². The molecule has 1 unspecified atom stereocenters. The fraction of sp³-hybridized carbons (Fsp3) is 0.562. The first-order valence-corrected chi connectivity index (χ1v) is 8.61. The van der Waals surface area contributed by atoms with Crippen LogP contribution in [0.1, 0.15) is 38.2 Å². The quantitative estimate of drug-likeness (QED) is 0.755. The normalized spacial score (nSPS) is 16.7. The van der Waals surface area contributed by atoms with E-state index < -0.39 is 0 Å². The number of hydrogen-bond donors (Lipinski definition) is 3. The van der Waals surface area contributed by atoms with Crippen LogP contribution in [0, 0.1) is 0 Å². The maximum absolute atomic E-state index is 11.7. The van der Waals surface area contributed by atoms with Gasteiger partial charge in [-0.25, -0.2) is 4.79 Å². The number of carbonyl (C=O) groups is 1. The van der Waals surface area contributed by atoms with Crippen molar-refractivity contribution in [3.63, 3.8) is 0 Å². The number of anilines is 1. The summed E-state index contributed by atoms with van der Waals surface area (Å²) in [5.41, 5.74) is 2.03. The lowest BCUT2D eigenvalue weighted by Crippen LogP contribution is -2.38. The molecule has 0 bridgehead atoms. The molecule has 1 atom stereocenters. The van der Waals surface area contributed by atoms with Crippen molar-refractivity contribution in [2.45, 2.75) is 49.7 Å². The smallest absolute Gasteiger partial charge is 0.319 e. The van der Waals surface area contributed by atoms with Gasteiger partial charge < -0.3 is 15.7 Å². The van der Waals surface area contributed by atoms with Gasteiger partial charge in [0.15, 0.2) is 0 Å². The van der Waals surface area contributed by atoms with Crippen LogP contribution in [-0.4, -0.2) is 29.0 Å². The van der Waals surface area contributed by atoms with Crippen LogP contribution in [0.25, 0.3) is 0 Å². The highest BCUT2D eigenvalue weighted by Gasteiger charge is 2.15. The summed E-state index contributed by atoms with van der Waals surface area (Å²) in [5, 5.41) is 15.2. The number of amides is 2. The third-order valence-corrected chi connectivity index (χ3v) is 5.07. The van der Waals surface area contributed by atoms with E-state index in [1.807, 2.05) is 30.0 Å². The fourth-order valence-electron chi connectivity index (χ4n) is 2.44. The Labute approximate surface area is 130 Å². The van der Waals surface area contributed by atoms with Gasteiger partial charge in [-0.1, -0.05) is 25.0 Å². The topological polar surface area (TPSA) is 61.4 Å². The lowest BCUT2D eigenvalue weighted by atomic mass is 10.2. The largest absolute Gasteiger partial charge is 0.394 e. The average Bonchev–Trinajstić information content (AvgIpc) is 2.98. The third kappa shape index (κ3) is 5.59. The molecule has 1 aliphatic carbocycles. The average molecular weight is 308 g/mol. The molecule has 5 heteroatoms. The van der Waals surface area contributed by atoms with Gasteiger partial charge in [0.2, 0.25) is 0 Å². The van der Waals surface area contributed by atoms with E-state index in [1.54, 1.807) is 6.92 Å². The fourth-order valence-corrected chi connectivity index (χ4v) is 3.72. The van der Waals surface area contributed by atoms with Crippen molar-refractivity contribution in [3.05, 3.63) is 29.8 Å². The number of thioether (sulfide) groups is 1. The second kappa shape index (κ2) is 8.29. The number of aliphatic hydroxyl groups excluding tert-OH is 1. The highest BCUT2D eigenvalue weighted by molar-refractivity contribution is 7.99. The molecule has 0 heterocycles. The molecule has 3 N–H and O–H groups in total. The van der Waals surface area contributed by atoms with Crippen LogP contribution >= 0.6 is 11.8 Å². The summed E-state index contributed by atoms with van der Waals surface area (Å²) < 4.78 is 0. The zero-order valence-electron chi connectivity index (χ0n) is 12.5. The summed E-state index contributed by atoms with van der Waals surface area (Å²) in [6.45, 7) is 1.69. The predicted molar refractivity (Wildman–Crippen MR) is 88.7 cm³/mol. The van der Waals surface area contributed by atoms with Crippen LogP contribution in [0.5, 0.6) is 0 Å². The van der Waals surface area contributed by atoms with Gasteiger partial charge in [0.25, 0.3) is 0 Å². The van der Waals surface area contributed by atoms with E-state index in [4.69, 9.17) is 5.11 Å². The van der Waals surface area contributed by atoms with Gasteiger partial charge in [0, 0.05) is 16.7 Å². The molecule has 1 saturated carbocycles. The molecule has 1 aromatic rings. The Hall–Kier alpha value is -1.20. The SMILES string of the molecule is CC(CO)NC(=O)Nc1cccc(CSC2CCCC2)c1. The highest BCUT2D eigenvalue weighted by Crippen LogP contribution is 2.31. The van der Waals surface area contributed by atoms with Crippen LogP contribution in [0.15, 0.2) is 24.3 Å². The predicted octanol–water partition coefficient (Wildman–Crippen LogP) is 3.36. The van der Waals surface area contributed by atoms with Gasteiger partial charge in [0.1, 0.15) is 0 Å². The minimum atomic E-state index is -0.280. The molecule has 21 heavy (non-hydrogen) atoms. The Morgan fingerprint density at radius 2 is 2.19 bits per heavy atom. The first-order chi connectivity index (χ1) is 10.2. The summed E-state index contributed by atoms with van der Waals surface area (Å²) in [4.78, 5) is 11.7.